The number of carbonyl (C=O) groups is 1. The van der Waals surface area contributed by atoms with Gasteiger partial charge in [-0.25, -0.2) is 4.68 Å². The summed E-state index contributed by atoms with van der Waals surface area (Å²) in [7, 11) is 1.63. The monoisotopic (exact) mass is 399 g/mol. The minimum atomic E-state index is -0.190. The number of nitrogens with one attached hydrogen (secondary N) is 1. The third-order valence-electron chi connectivity index (χ3n) is 3.89. The highest BCUT2D eigenvalue weighted by Crippen LogP contribution is 2.20. The summed E-state index contributed by atoms with van der Waals surface area (Å²) in [6, 6.07) is 15.4. The molecule has 6 heteroatoms. The average Bonchev–Trinajstić information content (AvgIpc) is 2.99. The van der Waals surface area contributed by atoms with Crippen molar-refractivity contribution in [3.8, 4) is 5.69 Å². The highest BCUT2D eigenvalue weighted by atomic mass is 79.9. The van der Waals surface area contributed by atoms with Crippen LogP contribution in [0.5, 0.6) is 0 Å². The Morgan fingerprint density at radius 1 is 1.20 bits per heavy atom. The molecule has 25 heavy (non-hydrogen) atoms. The van der Waals surface area contributed by atoms with E-state index in [1.165, 1.54) is 0 Å². The summed E-state index contributed by atoms with van der Waals surface area (Å²) in [5.74, 6) is -0.190. The summed E-state index contributed by atoms with van der Waals surface area (Å²) >= 11 is 3.42. The van der Waals surface area contributed by atoms with Crippen LogP contribution >= 0.6 is 15.9 Å². The predicted octanol–water partition coefficient (Wildman–Crippen LogP) is 4.34. The Balaban J connectivity index is 1.85. The highest BCUT2D eigenvalue weighted by Gasteiger charge is 2.16. The maximum Gasteiger partial charge on any atom is 0.259 e. The van der Waals surface area contributed by atoms with Crippen LogP contribution in [-0.2, 0) is 11.3 Å². The molecule has 0 aliphatic carbocycles. The number of rotatable bonds is 5. The molecule has 2 aromatic carbocycles. The van der Waals surface area contributed by atoms with Crippen LogP contribution in [0.25, 0.3) is 5.69 Å². The van der Waals surface area contributed by atoms with E-state index in [2.05, 4.69) is 26.3 Å². The lowest BCUT2D eigenvalue weighted by Gasteiger charge is -2.10. The number of hydrogen-bond donors (Lipinski definition) is 1. The van der Waals surface area contributed by atoms with E-state index in [1.54, 1.807) is 18.0 Å². The van der Waals surface area contributed by atoms with Crippen molar-refractivity contribution in [3.05, 3.63) is 76.0 Å². The van der Waals surface area contributed by atoms with E-state index in [0.717, 1.165) is 27.1 Å². The molecule has 0 unspecified atom stereocenters. The van der Waals surface area contributed by atoms with Gasteiger partial charge in [-0.15, -0.1) is 0 Å². The van der Waals surface area contributed by atoms with Gasteiger partial charge in [-0.1, -0.05) is 34.1 Å². The second-order valence-electron chi connectivity index (χ2n) is 5.58. The number of halogens is 1. The Bertz CT molecular complexity index is 888. The molecule has 0 radical (unpaired) electrons. The molecule has 0 atom stereocenters. The second-order valence-corrected chi connectivity index (χ2v) is 6.49. The Hall–Kier alpha value is -2.44. The lowest BCUT2D eigenvalue weighted by molar-refractivity contribution is 0.102. The van der Waals surface area contributed by atoms with Crippen LogP contribution in [0.3, 0.4) is 0 Å². The van der Waals surface area contributed by atoms with Gasteiger partial charge in [-0.2, -0.15) is 5.10 Å². The number of hydrogen-bond acceptors (Lipinski definition) is 3. The number of nitrogens with zero attached hydrogens (tertiary/aromatic N) is 2. The van der Waals surface area contributed by atoms with Crippen LogP contribution < -0.4 is 5.32 Å². The van der Waals surface area contributed by atoms with E-state index in [0.29, 0.717) is 12.2 Å². The third-order valence-corrected chi connectivity index (χ3v) is 4.42. The van der Waals surface area contributed by atoms with Crippen molar-refractivity contribution in [3.63, 3.8) is 0 Å². The third kappa shape index (κ3) is 3.81. The average molecular weight is 400 g/mol. The van der Waals surface area contributed by atoms with Gasteiger partial charge in [0.15, 0.2) is 0 Å². The van der Waals surface area contributed by atoms with Gasteiger partial charge in [-0.3, -0.25) is 4.79 Å². The van der Waals surface area contributed by atoms with E-state index in [9.17, 15) is 4.79 Å². The molecule has 1 amide bonds. The second kappa shape index (κ2) is 7.63. The molecule has 1 heterocycles. The van der Waals surface area contributed by atoms with Crippen molar-refractivity contribution in [2.75, 3.05) is 12.4 Å². The largest absolute Gasteiger partial charge is 0.380 e. The number of ether oxygens (including phenoxy) is 1. The van der Waals surface area contributed by atoms with Gasteiger partial charge < -0.3 is 10.1 Å². The summed E-state index contributed by atoms with van der Waals surface area (Å²) in [5, 5.41) is 7.30. The Morgan fingerprint density at radius 3 is 2.64 bits per heavy atom. The first-order valence-corrected chi connectivity index (χ1v) is 8.58. The molecule has 0 bridgehead atoms. The molecule has 0 aliphatic heterocycles. The Kier molecular flexibility index (Phi) is 5.31. The number of para-hydroxylation sites is 1. The summed E-state index contributed by atoms with van der Waals surface area (Å²) in [4.78, 5) is 12.7. The molecule has 3 rings (SSSR count). The van der Waals surface area contributed by atoms with Crippen molar-refractivity contribution >= 4 is 27.5 Å². The predicted molar refractivity (Wildman–Crippen MR) is 101 cm³/mol. The molecule has 0 spiro atoms. The van der Waals surface area contributed by atoms with Crippen LogP contribution in [0.15, 0.2) is 59.2 Å². The molecular weight excluding hydrogens is 382 g/mol. The van der Waals surface area contributed by atoms with Gasteiger partial charge in [0, 0.05) is 22.8 Å². The zero-order valence-corrected chi connectivity index (χ0v) is 15.6. The fourth-order valence-electron chi connectivity index (χ4n) is 2.59. The molecule has 1 aromatic heterocycles. The van der Waals surface area contributed by atoms with Crippen LogP contribution in [-0.4, -0.2) is 22.8 Å². The number of carbonyl (C=O) groups excluding carboxylic acids is 1. The SMILES string of the molecule is COCc1ccccc1NC(=O)c1cnn(-c2ccc(Br)cc2)c1C. The van der Waals surface area contributed by atoms with Crippen LogP contribution in [0.2, 0.25) is 0 Å². The molecule has 1 N–H and O–H groups in total. The van der Waals surface area contributed by atoms with E-state index >= 15 is 0 Å². The first-order chi connectivity index (χ1) is 12.1. The van der Waals surface area contributed by atoms with Gasteiger partial charge in [0.25, 0.3) is 5.91 Å². The van der Waals surface area contributed by atoms with E-state index in [4.69, 9.17) is 4.74 Å². The molecule has 3 aromatic rings. The van der Waals surface area contributed by atoms with Crippen LogP contribution in [0.4, 0.5) is 5.69 Å². The van der Waals surface area contributed by atoms with Crippen LogP contribution in [0, 0.1) is 6.92 Å². The fourth-order valence-corrected chi connectivity index (χ4v) is 2.85. The number of methoxy groups -OCH3 is 1. The maximum atomic E-state index is 12.7. The molecule has 128 valence electrons. The highest BCUT2D eigenvalue weighted by molar-refractivity contribution is 9.10. The van der Waals surface area contributed by atoms with Crippen LogP contribution in [0.1, 0.15) is 21.6 Å². The molecular formula is C19H18BrN3O2. The standard InChI is InChI=1S/C19H18BrN3O2/c1-13-17(11-21-23(13)16-9-7-15(20)8-10-16)19(24)22-18-6-4-3-5-14(18)12-25-2/h3-11H,12H2,1-2H3,(H,22,24). The molecule has 0 saturated carbocycles. The Labute approximate surface area is 154 Å². The smallest absolute Gasteiger partial charge is 0.259 e. The van der Waals surface area contributed by atoms with Gasteiger partial charge in [0.1, 0.15) is 0 Å². The van der Waals surface area contributed by atoms with Crippen molar-refractivity contribution in [2.24, 2.45) is 0 Å². The summed E-state index contributed by atoms with van der Waals surface area (Å²) in [5.41, 5.74) is 3.89. The number of amides is 1. The first-order valence-electron chi connectivity index (χ1n) is 7.79. The molecule has 0 saturated heterocycles. The zero-order valence-electron chi connectivity index (χ0n) is 14.0. The van der Waals surface area contributed by atoms with Gasteiger partial charge in [0.05, 0.1) is 29.7 Å². The lowest BCUT2D eigenvalue weighted by Crippen LogP contribution is -2.14. The molecule has 0 fully saturated rings. The molecule has 0 aliphatic rings. The maximum absolute atomic E-state index is 12.7. The number of anilines is 1. The molecule has 5 nitrogen and oxygen atoms in total. The van der Waals surface area contributed by atoms with Crippen molar-refractivity contribution in [2.45, 2.75) is 13.5 Å². The van der Waals surface area contributed by atoms with Gasteiger partial charge in [-0.05, 0) is 37.3 Å². The summed E-state index contributed by atoms with van der Waals surface area (Å²) < 4.78 is 7.93. The van der Waals surface area contributed by atoms with Crippen molar-refractivity contribution in [1.82, 2.24) is 9.78 Å². The van der Waals surface area contributed by atoms with E-state index in [1.807, 2.05) is 55.5 Å². The minimum absolute atomic E-state index is 0.190. The zero-order chi connectivity index (χ0) is 17.8. The summed E-state index contributed by atoms with van der Waals surface area (Å²) in [6.07, 6.45) is 1.59. The normalized spacial score (nSPS) is 10.7. The van der Waals surface area contributed by atoms with Crippen molar-refractivity contribution < 1.29 is 9.53 Å². The fraction of sp³-hybridized carbons (Fsp3) is 0.158. The van der Waals surface area contributed by atoms with E-state index in [-0.39, 0.29) is 5.91 Å². The lowest BCUT2D eigenvalue weighted by atomic mass is 10.1. The number of aromatic nitrogens is 2. The van der Waals surface area contributed by atoms with E-state index < -0.39 is 0 Å². The van der Waals surface area contributed by atoms with Crippen molar-refractivity contribution in [1.29, 1.82) is 0 Å². The van der Waals surface area contributed by atoms with Gasteiger partial charge >= 0.3 is 0 Å². The number of benzene rings is 2. The Morgan fingerprint density at radius 2 is 1.92 bits per heavy atom. The summed E-state index contributed by atoms with van der Waals surface area (Å²) in [6.45, 7) is 2.32. The first kappa shape index (κ1) is 17.4. The minimum Gasteiger partial charge on any atom is -0.380 e. The topological polar surface area (TPSA) is 56.1 Å². The van der Waals surface area contributed by atoms with Gasteiger partial charge in [0.2, 0.25) is 0 Å². The quantitative estimate of drug-likeness (QED) is 0.693.